The van der Waals surface area contributed by atoms with E-state index in [9.17, 15) is 0 Å². The second-order valence-corrected chi connectivity index (χ2v) is 5.27. The SMILES string of the molecule is Cc1nnsc1-c1nnc(CCCNC2CC2)o1. The Hall–Kier alpha value is -1.34. The summed E-state index contributed by atoms with van der Waals surface area (Å²) in [5.74, 6) is 1.23. The van der Waals surface area contributed by atoms with Gasteiger partial charge < -0.3 is 9.73 Å². The van der Waals surface area contributed by atoms with Crippen LogP contribution in [0.2, 0.25) is 0 Å². The van der Waals surface area contributed by atoms with E-state index < -0.39 is 0 Å². The molecule has 96 valence electrons. The minimum atomic E-state index is 0.535. The fourth-order valence-electron chi connectivity index (χ4n) is 1.71. The number of rotatable bonds is 6. The van der Waals surface area contributed by atoms with E-state index in [1.54, 1.807) is 0 Å². The predicted molar refractivity (Wildman–Crippen MR) is 67.3 cm³/mol. The van der Waals surface area contributed by atoms with Gasteiger partial charge in [0, 0.05) is 12.5 Å². The molecule has 2 aromatic rings. The van der Waals surface area contributed by atoms with Gasteiger partial charge in [-0.25, -0.2) is 0 Å². The van der Waals surface area contributed by atoms with Gasteiger partial charge in [-0.2, -0.15) is 0 Å². The number of hydrogen-bond acceptors (Lipinski definition) is 7. The van der Waals surface area contributed by atoms with Crippen LogP contribution in [0.3, 0.4) is 0 Å². The topological polar surface area (TPSA) is 76.7 Å². The summed E-state index contributed by atoms with van der Waals surface area (Å²) >= 11 is 1.29. The highest BCUT2D eigenvalue weighted by Gasteiger charge is 2.19. The first-order valence-electron chi connectivity index (χ1n) is 6.18. The molecule has 1 aliphatic carbocycles. The van der Waals surface area contributed by atoms with Gasteiger partial charge in [-0.15, -0.1) is 15.3 Å². The molecule has 1 aliphatic rings. The van der Waals surface area contributed by atoms with Gasteiger partial charge in [0.15, 0.2) is 0 Å². The van der Waals surface area contributed by atoms with E-state index in [-0.39, 0.29) is 0 Å². The molecule has 1 saturated carbocycles. The zero-order valence-corrected chi connectivity index (χ0v) is 11.0. The van der Waals surface area contributed by atoms with Crippen molar-refractivity contribution in [2.24, 2.45) is 0 Å². The Morgan fingerprint density at radius 2 is 2.22 bits per heavy atom. The Bertz CT molecular complexity index is 519. The van der Waals surface area contributed by atoms with Gasteiger partial charge in [-0.05, 0) is 44.3 Å². The van der Waals surface area contributed by atoms with Crippen molar-refractivity contribution in [1.29, 1.82) is 0 Å². The molecule has 0 spiro atoms. The van der Waals surface area contributed by atoms with Crippen LogP contribution in [0.25, 0.3) is 10.8 Å². The first-order chi connectivity index (χ1) is 8.83. The maximum atomic E-state index is 5.61. The fourth-order valence-corrected chi connectivity index (χ4v) is 2.29. The fraction of sp³-hybridized carbons (Fsp3) is 0.636. The van der Waals surface area contributed by atoms with Crippen molar-refractivity contribution in [1.82, 2.24) is 25.1 Å². The maximum absolute atomic E-state index is 5.61. The molecule has 0 unspecified atom stereocenters. The van der Waals surface area contributed by atoms with Crippen LogP contribution in [0.15, 0.2) is 4.42 Å². The van der Waals surface area contributed by atoms with Crippen LogP contribution in [0, 0.1) is 6.92 Å². The molecule has 0 saturated heterocycles. The highest BCUT2D eigenvalue weighted by molar-refractivity contribution is 7.09. The highest BCUT2D eigenvalue weighted by Crippen LogP contribution is 2.24. The molecule has 0 atom stereocenters. The number of nitrogens with zero attached hydrogens (tertiary/aromatic N) is 4. The third kappa shape index (κ3) is 2.73. The second-order valence-electron chi connectivity index (χ2n) is 4.52. The normalized spacial score (nSPS) is 15.2. The molecule has 18 heavy (non-hydrogen) atoms. The Morgan fingerprint density at radius 1 is 1.33 bits per heavy atom. The zero-order chi connectivity index (χ0) is 12.4. The van der Waals surface area contributed by atoms with Gasteiger partial charge in [0.05, 0.1) is 5.69 Å². The first-order valence-corrected chi connectivity index (χ1v) is 6.95. The Balaban J connectivity index is 1.54. The first kappa shape index (κ1) is 11.7. The Morgan fingerprint density at radius 3 is 2.94 bits per heavy atom. The summed E-state index contributed by atoms with van der Waals surface area (Å²) in [6.45, 7) is 2.91. The third-order valence-corrected chi connectivity index (χ3v) is 3.71. The van der Waals surface area contributed by atoms with E-state index in [1.807, 2.05) is 6.92 Å². The lowest BCUT2D eigenvalue weighted by Gasteiger charge is -1.99. The monoisotopic (exact) mass is 265 g/mol. The van der Waals surface area contributed by atoms with Crippen LogP contribution < -0.4 is 5.32 Å². The van der Waals surface area contributed by atoms with E-state index in [4.69, 9.17) is 4.42 Å². The van der Waals surface area contributed by atoms with Crippen molar-refractivity contribution in [2.75, 3.05) is 6.54 Å². The predicted octanol–water partition coefficient (Wildman–Crippen LogP) is 1.58. The molecule has 0 bridgehead atoms. The zero-order valence-electron chi connectivity index (χ0n) is 10.2. The number of nitrogens with one attached hydrogen (secondary N) is 1. The van der Waals surface area contributed by atoms with Crippen molar-refractivity contribution < 1.29 is 4.42 Å². The summed E-state index contributed by atoms with van der Waals surface area (Å²) in [5, 5.41) is 15.5. The molecular formula is C11H15N5OS. The van der Waals surface area contributed by atoms with Crippen LogP contribution in [0.4, 0.5) is 0 Å². The molecule has 0 aromatic carbocycles. The van der Waals surface area contributed by atoms with Gasteiger partial charge >= 0.3 is 0 Å². The van der Waals surface area contributed by atoms with Gasteiger partial charge in [-0.1, -0.05) is 4.49 Å². The average Bonchev–Trinajstić information content (AvgIpc) is 2.90. The molecule has 7 heteroatoms. The quantitative estimate of drug-likeness (QED) is 0.799. The summed E-state index contributed by atoms with van der Waals surface area (Å²) in [4.78, 5) is 0.866. The minimum absolute atomic E-state index is 0.535. The molecule has 0 amide bonds. The van der Waals surface area contributed by atoms with E-state index in [1.165, 1.54) is 24.4 Å². The van der Waals surface area contributed by atoms with Crippen molar-refractivity contribution in [3.8, 4) is 10.8 Å². The summed E-state index contributed by atoms with van der Waals surface area (Å²) in [6.07, 6.45) is 4.49. The van der Waals surface area contributed by atoms with Crippen LogP contribution in [0.1, 0.15) is 30.8 Å². The molecule has 6 nitrogen and oxygen atoms in total. The summed E-state index contributed by atoms with van der Waals surface area (Å²) in [6, 6.07) is 0.758. The molecule has 0 radical (unpaired) electrons. The van der Waals surface area contributed by atoms with Gasteiger partial charge in [-0.3, -0.25) is 0 Å². The summed E-state index contributed by atoms with van der Waals surface area (Å²) < 4.78 is 9.47. The minimum Gasteiger partial charge on any atom is -0.420 e. The standard InChI is InChI=1S/C11H15N5OS/c1-7-10(18-16-13-7)11-15-14-9(17-11)3-2-6-12-8-4-5-8/h8,12H,2-6H2,1H3. The molecule has 0 aliphatic heterocycles. The van der Waals surface area contributed by atoms with Crippen molar-refractivity contribution >= 4 is 11.5 Å². The number of aryl methyl sites for hydroxylation is 2. The van der Waals surface area contributed by atoms with Crippen LogP contribution in [0.5, 0.6) is 0 Å². The molecule has 2 aromatic heterocycles. The lowest BCUT2D eigenvalue weighted by Crippen LogP contribution is -2.17. The van der Waals surface area contributed by atoms with Gasteiger partial charge in [0.2, 0.25) is 5.89 Å². The smallest absolute Gasteiger partial charge is 0.261 e. The van der Waals surface area contributed by atoms with Crippen LogP contribution >= 0.6 is 11.5 Å². The number of hydrogen-bond donors (Lipinski definition) is 1. The van der Waals surface area contributed by atoms with Crippen molar-refractivity contribution in [2.45, 2.75) is 38.6 Å². The van der Waals surface area contributed by atoms with E-state index in [0.717, 1.165) is 36.0 Å². The van der Waals surface area contributed by atoms with Crippen LogP contribution in [-0.2, 0) is 6.42 Å². The Kier molecular flexibility index (Phi) is 3.33. The van der Waals surface area contributed by atoms with E-state index in [0.29, 0.717) is 11.8 Å². The van der Waals surface area contributed by atoms with Crippen molar-refractivity contribution in [3.05, 3.63) is 11.6 Å². The average molecular weight is 265 g/mol. The molecule has 1 fully saturated rings. The molecule has 2 heterocycles. The highest BCUT2D eigenvalue weighted by atomic mass is 32.1. The maximum Gasteiger partial charge on any atom is 0.261 e. The van der Waals surface area contributed by atoms with E-state index >= 15 is 0 Å². The lowest BCUT2D eigenvalue weighted by molar-refractivity contribution is 0.491. The lowest BCUT2D eigenvalue weighted by atomic mass is 10.3. The molecule has 3 rings (SSSR count). The summed E-state index contributed by atoms with van der Waals surface area (Å²) in [5.41, 5.74) is 0.839. The number of aromatic nitrogens is 4. The van der Waals surface area contributed by atoms with E-state index in [2.05, 4.69) is 25.1 Å². The molecular weight excluding hydrogens is 250 g/mol. The summed E-state index contributed by atoms with van der Waals surface area (Å²) in [7, 11) is 0. The third-order valence-electron chi connectivity index (χ3n) is 2.89. The Labute approximate surface area is 109 Å². The van der Waals surface area contributed by atoms with Gasteiger partial charge in [0.25, 0.3) is 5.89 Å². The van der Waals surface area contributed by atoms with Crippen molar-refractivity contribution in [3.63, 3.8) is 0 Å². The second kappa shape index (κ2) is 5.11. The van der Waals surface area contributed by atoms with Crippen LogP contribution in [-0.4, -0.2) is 32.4 Å². The molecule has 1 N–H and O–H groups in total. The van der Waals surface area contributed by atoms with Gasteiger partial charge in [0.1, 0.15) is 4.88 Å². The largest absolute Gasteiger partial charge is 0.420 e.